The van der Waals surface area contributed by atoms with E-state index in [1.165, 1.54) is 57.8 Å². The van der Waals surface area contributed by atoms with Gasteiger partial charge in [-0.15, -0.1) is 0 Å². The summed E-state index contributed by atoms with van der Waals surface area (Å²) in [6, 6.07) is 0. The summed E-state index contributed by atoms with van der Waals surface area (Å²) in [4.78, 5) is 0. The van der Waals surface area contributed by atoms with Crippen molar-refractivity contribution in [3.63, 3.8) is 0 Å². The summed E-state index contributed by atoms with van der Waals surface area (Å²) >= 11 is 0. The Hall–Kier alpha value is -0.120. The highest BCUT2D eigenvalue weighted by Gasteiger charge is 2.81. The van der Waals surface area contributed by atoms with Gasteiger partial charge in [0.15, 0.2) is 5.79 Å². The van der Waals surface area contributed by atoms with Gasteiger partial charge in [0.05, 0.1) is 12.2 Å². The van der Waals surface area contributed by atoms with Crippen molar-refractivity contribution in [2.24, 2.45) is 46.3 Å². The molecule has 4 aliphatic carbocycles. The van der Waals surface area contributed by atoms with Crippen LogP contribution in [-0.4, -0.2) is 29.7 Å². The van der Waals surface area contributed by atoms with Crippen LogP contribution in [0.25, 0.3) is 0 Å². The molecule has 3 heteroatoms. The summed E-state index contributed by atoms with van der Waals surface area (Å²) in [5.41, 5.74) is 0.740. The van der Waals surface area contributed by atoms with Gasteiger partial charge >= 0.3 is 0 Å². The molecule has 0 radical (unpaired) electrons. The predicted octanol–water partition coefficient (Wildman–Crippen LogP) is 7.37. The lowest BCUT2D eigenvalue weighted by Crippen LogP contribution is -2.63. The van der Waals surface area contributed by atoms with Crippen LogP contribution < -0.4 is 0 Å². The minimum Gasteiger partial charge on any atom is -0.362 e. The Bertz CT molecular complexity index is 777. The highest BCUT2D eigenvalue weighted by Crippen LogP contribution is 2.75. The molecule has 0 amide bonds. The summed E-state index contributed by atoms with van der Waals surface area (Å²) in [5.74, 6) is 4.76. The Labute approximate surface area is 203 Å². The maximum atomic E-state index is 6.80. The second kappa shape index (κ2) is 7.45. The van der Waals surface area contributed by atoms with E-state index in [4.69, 9.17) is 14.2 Å². The highest BCUT2D eigenvalue weighted by molar-refractivity contribution is 5.28. The molecule has 4 saturated carbocycles. The third-order valence-corrected chi connectivity index (χ3v) is 12.1. The molecule has 188 valence electrons. The Morgan fingerprint density at radius 1 is 0.818 bits per heavy atom. The molecule has 11 atom stereocenters. The van der Waals surface area contributed by atoms with E-state index in [9.17, 15) is 0 Å². The molecule has 0 N–H and O–H groups in total. The first-order chi connectivity index (χ1) is 15.5. The average molecular weight is 459 g/mol. The quantitative estimate of drug-likeness (QED) is 0.403. The Morgan fingerprint density at radius 2 is 1.61 bits per heavy atom. The lowest BCUT2D eigenvalue weighted by molar-refractivity contribution is -0.166. The predicted molar refractivity (Wildman–Crippen MR) is 132 cm³/mol. The van der Waals surface area contributed by atoms with Crippen LogP contribution in [0, 0.1) is 46.3 Å². The fourth-order valence-electron chi connectivity index (χ4n) is 10.7. The van der Waals surface area contributed by atoms with Crippen molar-refractivity contribution >= 4 is 0 Å². The standard InChI is InChI=1S/C30H50O3/c1-18(2)9-8-10-19(3)21-11-12-22-20-17-25-30(32-25)26-24(31-27(4,5)33-26)14-16-29(30,7)23(20)13-15-28(21,22)6/h18-26H,8-17H2,1-7H3/t19-,20+,21-,22+,23+,24-,25+,26+,28-,29-,30-/m1/s1. The minimum atomic E-state index is -0.460. The van der Waals surface area contributed by atoms with Crippen LogP contribution in [0.15, 0.2) is 0 Å². The van der Waals surface area contributed by atoms with Gasteiger partial charge in [0.2, 0.25) is 0 Å². The maximum absolute atomic E-state index is 6.80. The monoisotopic (exact) mass is 458 g/mol. The fraction of sp³-hybridized carbons (Fsp3) is 1.00. The van der Waals surface area contributed by atoms with Crippen LogP contribution in [0.5, 0.6) is 0 Å². The summed E-state index contributed by atoms with van der Waals surface area (Å²) in [5, 5.41) is 0. The van der Waals surface area contributed by atoms with Gasteiger partial charge in [-0.3, -0.25) is 0 Å². The second-order valence-corrected chi connectivity index (χ2v) is 14.6. The smallest absolute Gasteiger partial charge is 0.163 e. The lowest BCUT2D eigenvalue weighted by atomic mass is 9.44. The largest absolute Gasteiger partial charge is 0.362 e. The van der Waals surface area contributed by atoms with E-state index in [1.807, 2.05) is 0 Å². The number of epoxide rings is 1. The van der Waals surface area contributed by atoms with Gasteiger partial charge in [0, 0.05) is 5.41 Å². The molecule has 0 aromatic heterocycles. The van der Waals surface area contributed by atoms with Crippen molar-refractivity contribution in [3.05, 3.63) is 0 Å². The first-order valence-corrected chi connectivity index (χ1v) is 14.6. The van der Waals surface area contributed by atoms with Crippen molar-refractivity contribution in [1.29, 1.82) is 0 Å². The fourth-order valence-corrected chi connectivity index (χ4v) is 10.7. The Kier molecular flexibility index (Phi) is 5.26. The molecular formula is C30H50O3. The third kappa shape index (κ3) is 3.16. The summed E-state index contributed by atoms with van der Waals surface area (Å²) < 4.78 is 19.7. The van der Waals surface area contributed by atoms with Crippen LogP contribution in [0.2, 0.25) is 0 Å². The zero-order valence-electron chi connectivity index (χ0n) is 22.5. The van der Waals surface area contributed by atoms with Crippen LogP contribution in [0.3, 0.4) is 0 Å². The number of fused-ring (bicyclic) bond motifs is 5. The first kappa shape index (κ1) is 23.3. The molecular weight excluding hydrogens is 408 g/mol. The number of ether oxygens (including phenoxy) is 3. The SMILES string of the molecule is CC(C)CCC[C@@H](C)[C@H]1CC[C@H]2[C@@H]3C[C@@H]4O[C@@]45[C@H]4OC(C)(C)O[C@@H]4CC[C@]5(C)[C@H]3CC[C@]12C. The van der Waals surface area contributed by atoms with E-state index >= 15 is 0 Å². The van der Waals surface area contributed by atoms with E-state index in [0.717, 1.165) is 41.9 Å². The second-order valence-electron chi connectivity index (χ2n) is 14.6. The van der Waals surface area contributed by atoms with Crippen molar-refractivity contribution in [1.82, 2.24) is 0 Å². The van der Waals surface area contributed by atoms with Crippen molar-refractivity contribution < 1.29 is 14.2 Å². The van der Waals surface area contributed by atoms with Gasteiger partial charge in [0.1, 0.15) is 11.7 Å². The van der Waals surface area contributed by atoms with Crippen LogP contribution in [0.1, 0.15) is 113 Å². The molecule has 0 bridgehead atoms. The topological polar surface area (TPSA) is 31.0 Å². The van der Waals surface area contributed by atoms with Gasteiger partial charge in [-0.25, -0.2) is 0 Å². The summed E-state index contributed by atoms with van der Waals surface area (Å²) in [6.07, 6.45) is 14.5. The zero-order valence-corrected chi connectivity index (χ0v) is 22.5. The van der Waals surface area contributed by atoms with Crippen LogP contribution in [-0.2, 0) is 14.2 Å². The van der Waals surface area contributed by atoms with Crippen LogP contribution >= 0.6 is 0 Å². The van der Waals surface area contributed by atoms with E-state index in [1.54, 1.807) is 0 Å². The highest BCUT2D eigenvalue weighted by atomic mass is 16.8. The molecule has 0 aromatic carbocycles. The van der Waals surface area contributed by atoms with Gasteiger partial charge in [-0.05, 0) is 99.7 Å². The normalized spacial score (nSPS) is 54.7. The molecule has 6 rings (SSSR count). The van der Waals surface area contributed by atoms with Gasteiger partial charge < -0.3 is 14.2 Å². The van der Waals surface area contributed by atoms with E-state index in [-0.39, 0.29) is 23.2 Å². The molecule has 2 aliphatic heterocycles. The molecule has 0 aromatic rings. The summed E-state index contributed by atoms with van der Waals surface area (Å²) in [6.45, 7) is 16.8. The maximum Gasteiger partial charge on any atom is 0.163 e. The van der Waals surface area contributed by atoms with Gasteiger partial charge in [-0.1, -0.05) is 53.9 Å². The average Bonchev–Trinajstić information content (AvgIpc) is 3.21. The molecule has 2 saturated heterocycles. The minimum absolute atomic E-state index is 0.0687. The van der Waals surface area contributed by atoms with Crippen molar-refractivity contribution in [2.45, 2.75) is 142 Å². The molecule has 2 heterocycles. The van der Waals surface area contributed by atoms with Gasteiger partial charge in [-0.2, -0.15) is 0 Å². The number of rotatable bonds is 5. The molecule has 0 unspecified atom stereocenters. The zero-order chi connectivity index (χ0) is 23.4. The first-order valence-electron chi connectivity index (χ1n) is 14.6. The van der Waals surface area contributed by atoms with Crippen molar-refractivity contribution in [2.75, 3.05) is 0 Å². The van der Waals surface area contributed by atoms with E-state index in [2.05, 4.69) is 48.5 Å². The molecule has 1 spiro atoms. The summed E-state index contributed by atoms with van der Waals surface area (Å²) in [7, 11) is 0. The van der Waals surface area contributed by atoms with E-state index in [0.29, 0.717) is 11.5 Å². The molecule has 33 heavy (non-hydrogen) atoms. The molecule has 6 aliphatic rings. The Morgan fingerprint density at radius 3 is 2.36 bits per heavy atom. The van der Waals surface area contributed by atoms with Gasteiger partial charge in [0.25, 0.3) is 0 Å². The molecule has 3 nitrogen and oxygen atoms in total. The Balaban J connectivity index is 1.22. The molecule has 6 fully saturated rings. The number of hydrogen-bond donors (Lipinski definition) is 0. The lowest BCUT2D eigenvalue weighted by Gasteiger charge is -2.60. The third-order valence-electron chi connectivity index (χ3n) is 12.1. The van der Waals surface area contributed by atoms with Crippen LogP contribution in [0.4, 0.5) is 0 Å². The van der Waals surface area contributed by atoms with E-state index < -0.39 is 5.79 Å². The van der Waals surface area contributed by atoms with Crippen molar-refractivity contribution in [3.8, 4) is 0 Å². The number of hydrogen-bond acceptors (Lipinski definition) is 3.